The van der Waals surface area contributed by atoms with Crippen molar-refractivity contribution in [1.82, 2.24) is 15.6 Å². The van der Waals surface area contributed by atoms with Crippen LogP contribution >= 0.6 is 24.0 Å². The first-order valence-corrected chi connectivity index (χ1v) is 10.1. The van der Waals surface area contributed by atoms with E-state index < -0.39 is 0 Å². The Bertz CT molecular complexity index is 825. The Kier molecular flexibility index (Phi) is 9.99. The number of ether oxygens (including phenoxy) is 2. The van der Waals surface area contributed by atoms with Gasteiger partial charge in [-0.05, 0) is 54.7 Å². The van der Waals surface area contributed by atoms with E-state index in [9.17, 15) is 0 Å². The number of pyridine rings is 1. The van der Waals surface area contributed by atoms with Gasteiger partial charge in [0, 0.05) is 39.4 Å². The van der Waals surface area contributed by atoms with Crippen molar-refractivity contribution in [3.63, 3.8) is 0 Å². The molecule has 1 saturated heterocycles. The van der Waals surface area contributed by atoms with Crippen molar-refractivity contribution in [3.8, 4) is 11.5 Å². The van der Waals surface area contributed by atoms with Gasteiger partial charge in [0.1, 0.15) is 5.82 Å². The van der Waals surface area contributed by atoms with Gasteiger partial charge in [0.2, 0.25) is 0 Å². The molecule has 0 unspecified atom stereocenters. The molecule has 164 valence electrons. The van der Waals surface area contributed by atoms with Gasteiger partial charge in [-0.25, -0.2) is 4.98 Å². The van der Waals surface area contributed by atoms with Gasteiger partial charge in [-0.1, -0.05) is 6.07 Å². The fraction of sp³-hybridized carbons (Fsp3) is 0.455. The average molecular weight is 525 g/mol. The maximum absolute atomic E-state index is 5.37. The lowest BCUT2D eigenvalue weighted by atomic mass is 10.1. The second kappa shape index (κ2) is 12.5. The third-order valence-corrected chi connectivity index (χ3v) is 5.08. The van der Waals surface area contributed by atoms with Crippen LogP contribution in [-0.2, 0) is 13.0 Å². The van der Waals surface area contributed by atoms with Crippen LogP contribution in [0.2, 0.25) is 0 Å². The van der Waals surface area contributed by atoms with E-state index >= 15 is 0 Å². The number of anilines is 1. The summed E-state index contributed by atoms with van der Waals surface area (Å²) in [5.41, 5.74) is 2.37. The zero-order valence-electron chi connectivity index (χ0n) is 18.0. The molecule has 1 aromatic heterocycles. The summed E-state index contributed by atoms with van der Waals surface area (Å²) in [7, 11) is 5.08. The highest BCUT2D eigenvalue weighted by Crippen LogP contribution is 2.27. The summed E-state index contributed by atoms with van der Waals surface area (Å²) in [6.45, 7) is 3.68. The van der Waals surface area contributed by atoms with Gasteiger partial charge in [-0.2, -0.15) is 0 Å². The van der Waals surface area contributed by atoms with E-state index in [2.05, 4.69) is 37.6 Å². The van der Waals surface area contributed by atoms with Gasteiger partial charge < -0.3 is 25.0 Å². The molecular weight excluding hydrogens is 493 g/mol. The largest absolute Gasteiger partial charge is 0.493 e. The van der Waals surface area contributed by atoms with Crippen LogP contribution in [0.5, 0.6) is 11.5 Å². The molecule has 0 radical (unpaired) electrons. The van der Waals surface area contributed by atoms with Crippen LogP contribution in [0.25, 0.3) is 0 Å². The van der Waals surface area contributed by atoms with E-state index in [1.165, 1.54) is 24.0 Å². The molecule has 0 atom stereocenters. The highest BCUT2D eigenvalue weighted by atomic mass is 127. The minimum Gasteiger partial charge on any atom is -0.493 e. The van der Waals surface area contributed by atoms with Crippen LogP contribution in [0.4, 0.5) is 5.82 Å². The molecule has 8 heteroatoms. The van der Waals surface area contributed by atoms with Crippen LogP contribution < -0.4 is 25.0 Å². The number of nitrogens with one attached hydrogen (secondary N) is 2. The number of hydrogen-bond donors (Lipinski definition) is 2. The normalized spacial score (nSPS) is 13.6. The number of aromatic nitrogens is 1. The summed E-state index contributed by atoms with van der Waals surface area (Å²) in [6, 6.07) is 10.2. The standard InChI is InChI=1S/C22H31N5O2.HI/c1-23-22(25-11-8-17-6-7-19(28-2)20(14-17)29-3)26-16-18-9-10-24-21(15-18)27-12-4-5-13-27;/h6-7,9-10,14-15H,4-5,8,11-13,16H2,1-3H3,(H2,23,25,26);1H. The van der Waals surface area contributed by atoms with E-state index in [1.54, 1.807) is 21.3 Å². The first kappa shape index (κ1) is 24.0. The van der Waals surface area contributed by atoms with Crippen LogP contribution in [0.15, 0.2) is 41.5 Å². The van der Waals surface area contributed by atoms with Crippen LogP contribution in [0, 0.1) is 0 Å². The number of guanidine groups is 1. The number of rotatable bonds is 8. The number of nitrogens with zero attached hydrogens (tertiary/aromatic N) is 3. The Balaban J connectivity index is 0.00000320. The van der Waals surface area contributed by atoms with Gasteiger partial charge in [-0.15, -0.1) is 24.0 Å². The Labute approximate surface area is 196 Å². The molecule has 0 amide bonds. The van der Waals surface area contributed by atoms with Crippen molar-refractivity contribution >= 4 is 35.8 Å². The second-order valence-electron chi connectivity index (χ2n) is 7.01. The lowest BCUT2D eigenvalue weighted by Crippen LogP contribution is -2.37. The van der Waals surface area contributed by atoms with Crippen LogP contribution in [0.1, 0.15) is 24.0 Å². The van der Waals surface area contributed by atoms with E-state index in [-0.39, 0.29) is 24.0 Å². The van der Waals surface area contributed by atoms with E-state index in [1.807, 2.05) is 24.4 Å². The zero-order valence-corrected chi connectivity index (χ0v) is 20.3. The summed E-state index contributed by atoms with van der Waals surface area (Å²) < 4.78 is 10.7. The topological polar surface area (TPSA) is 71.0 Å². The Morgan fingerprint density at radius 3 is 2.50 bits per heavy atom. The van der Waals surface area contributed by atoms with Crippen molar-refractivity contribution < 1.29 is 9.47 Å². The third-order valence-electron chi connectivity index (χ3n) is 5.08. The molecule has 1 aliphatic rings. The molecule has 2 heterocycles. The van der Waals surface area contributed by atoms with Gasteiger partial charge >= 0.3 is 0 Å². The molecule has 7 nitrogen and oxygen atoms in total. The van der Waals surface area contributed by atoms with Gasteiger partial charge in [-0.3, -0.25) is 4.99 Å². The maximum Gasteiger partial charge on any atom is 0.191 e. The predicted octanol–water partition coefficient (Wildman–Crippen LogP) is 3.22. The van der Waals surface area contributed by atoms with Crippen LogP contribution in [0.3, 0.4) is 0 Å². The van der Waals surface area contributed by atoms with Crippen molar-refractivity contribution in [1.29, 1.82) is 0 Å². The monoisotopic (exact) mass is 525 g/mol. The van der Waals surface area contributed by atoms with Crippen LogP contribution in [-0.4, -0.2) is 51.8 Å². The first-order chi connectivity index (χ1) is 14.2. The molecule has 3 rings (SSSR count). The van der Waals surface area contributed by atoms with Crippen molar-refractivity contribution in [2.45, 2.75) is 25.8 Å². The molecule has 30 heavy (non-hydrogen) atoms. The highest BCUT2D eigenvalue weighted by molar-refractivity contribution is 14.0. The molecular formula is C22H32IN5O2. The van der Waals surface area contributed by atoms with Crippen molar-refractivity contribution in [2.75, 3.05) is 45.8 Å². The van der Waals surface area contributed by atoms with Gasteiger partial charge in [0.25, 0.3) is 0 Å². The number of hydrogen-bond acceptors (Lipinski definition) is 5. The molecule has 1 fully saturated rings. The number of halogens is 1. The molecule has 0 spiro atoms. The van der Waals surface area contributed by atoms with E-state index in [4.69, 9.17) is 9.47 Å². The molecule has 0 saturated carbocycles. The fourth-order valence-corrected chi connectivity index (χ4v) is 3.46. The molecule has 0 aliphatic carbocycles. The smallest absolute Gasteiger partial charge is 0.191 e. The van der Waals surface area contributed by atoms with Crippen molar-refractivity contribution in [3.05, 3.63) is 47.7 Å². The van der Waals surface area contributed by atoms with Gasteiger partial charge in [0.15, 0.2) is 17.5 Å². The first-order valence-electron chi connectivity index (χ1n) is 10.1. The Morgan fingerprint density at radius 2 is 1.80 bits per heavy atom. The quantitative estimate of drug-likeness (QED) is 0.314. The highest BCUT2D eigenvalue weighted by Gasteiger charge is 2.13. The van der Waals surface area contributed by atoms with Crippen molar-refractivity contribution in [2.24, 2.45) is 4.99 Å². The number of aliphatic imine (C=N–C) groups is 1. The lowest BCUT2D eigenvalue weighted by Gasteiger charge is -2.17. The fourth-order valence-electron chi connectivity index (χ4n) is 3.46. The zero-order chi connectivity index (χ0) is 20.5. The molecule has 1 aliphatic heterocycles. The van der Waals surface area contributed by atoms with E-state index in [0.29, 0.717) is 6.54 Å². The summed E-state index contributed by atoms with van der Waals surface area (Å²) in [5, 5.41) is 6.74. The SMILES string of the molecule is CN=C(NCCc1ccc(OC)c(OC)c1)NCc1ccnc(N2CCCC2)c1.I. The minimum atomic E-state index is 0. The Hall–Kier alpha value is -2.23. The molecule has 2 aromatic rings. The summed E-state index contributed by atoms with van der Waals surface area (Å²) in [4.78, 5) is 11.2. The molecule has 1 aromatic carbocycles. The van der Waals surface area contributed by atoms with Gasteiger partial charge in [0.05, 0.1) is 14.2 Å². The summed E-state index contributed by atoms with van der Waals surface area (Å²) >= 11 is 0. The van der Waals surface area contributed by atoms with E-state index in [0.717, 1.165) is 49.3 Å². The average Bonchev–Trinajstić information content (AvgIpc) is 3.31. The maximum atomic E-state index is 5.37. The molecule has 0 bridgehead atoms. The minimum absolute atomic E-state index is 0. The predicted molar refractivity (Wildman–Crippen MR) is 133 cm³/mol. The summed E-state index contributed by atoms with van der Waals surface area (Å²) in [6.07, 6.45) is 5.24. The lowest BCUT2D eigenvalue weighted by molar-refractivity contribution is 0.354. The number of benzene rings is 1. The Morgan fingerprint density at radius 1 is 1.03 bits per heavy atom. The molecule has 2 N–H and O–H groups in total. The number of methoxy groups -OCH3 is 2. The summed E-state index contributed by atoms with van der Waals surface area (Å²) in [5.74, 6) is 3.34. The third kappa shape index (κ3) is 6.65. The second-order valence-corrected chi connectivity index (χ2v) is 7.01.